The van der Waals surface area contributed by atoms with Crippen LogP contribution in [-0.4, -0.2) is 36.0 Å². The van der Waals surface area contributed by atoms with E-state index in [0.29, 0.717) is 18.0 Å². The van der Waals surface area contributed by atoms with Crippen molar-refractivity contribution < 1.29 is 4.79 Å². The molecular formula is C17H32N2O. The smallest absolute Gasteiger partial charge is 0.222 e. The molecule has 3 unspecified atom stereocenters. The molecule has 0 spiro atoms. The lowest BCUT2D eigenvalue weighted by Crippen LogP contribution is -2.44. The van der Waals surface area contributed by atoms with Crippen LogP contribution in [0.5, 0.6) is 0 Å². The zero-order chi connectivity index (χ0) is 14.4. The first kappa shape index (κ1) is 15.8. The van der Waals surface area contributed by atoms with Gasteiger partial charge in [-0.2, -0.15) is 0 Å². The molecule has 0 aromatic heterocycles. The molecule has 1 saturated heterocycles. The molecule has 0 aromatic carbocycles. The molecule has 0 bridgehead atoms. The summed E-state index contributed by atoms with van der Waals surface area (Å²) in [4.78, 5) is 13.7. The second-order valence-electron chi connectivity index (χ2n) is 6.87. The van der Waals surface area contributed by atoms with Gasteiger partial charge in [0.15, 0.2) is 0 Å². The van der Waals surface area contributed by atoms with Crippen LogP contribution in [0.4, 0.5) is 0 Å². The van der Waals surface area contributed by atoms with Gasteiger partial charge in [0.25, 0.3) is 0 Å². The first-order chi connectivity index (χ1) is 9.69. The van der Waals surface area contributed by atoms with E-state index in [0.717, 1.165) is 31.8 Å². The number of likely N-dealkylation sites (tertiary alicyclic amines) is 1. The van der Waals surface area contributed by atoms with E-state index in [1.807, 2.05) is 4.90 Å². The molecule has 1 aliphatic carbocycles. The summed E-state index contributed by atoms with van der Waals surface area (Å²) in [5, 5.41) is 3.78. The Bertz CT molecular complexity index is 305. The van der Waals surface area contributed by atoms with Crippen molar-refractivity contribution in [2.24, 2.45) is 5.92 Å². The van der Waals surface area contributed by atoms with Crippen molar-refractivity contribution >= 4 is 5.91 Å². The van der Waals surface area contributed by atoms with Crippen LogP contribution in [0, 0.1) is 5.92 Å². The van der Waals surface area contributed by atoms with Crippen molar-refractivity contribution in [3.63, 3.8) is 0 Å². The number of amides is 1. The second kappa shape index (κ2) is 8.02. The summed E-state index contributed by atoms with van der Waals surface area (Å²) in [6.45, 7) is 6.40. The number of carbonyl (C=O) groups is 1. The molecule has 1 amide bonds. The summed E-state index contributed by atoms with van der Waals surface area (Å²) in [5.41, 5.74) is 0. The minimum absolute atomic E-state index is 0.350. The van der Waals surface area contributed by atoms with E-state index in [9.17, 15) is 4.79 Å². The summed E-state index contributed by atoms with van der Waals surface area (Å²) in [6.07, 6.45) is 11.4. The maximum atomic E-state index is 11.7. The highest BCUT2D eigenvalue weighted by Gasteiger charge is 2.24. The number of carbonyl (C=O) groups excluding carboxylic acids is 1. The zero-order valence-corrected chi connectivity index (χ0v) is 13.4. The molecule has 3 nitrogen and oxygen atoms in total. The topological polar surface area (TPSA) is 32.3 Å². The fourth-order valence-corrected chi connectivity index (χ4v) is 3.92. The van der Waals surface area contributed by atoms with Crippen LogP contribution in [-0.2, 0) is 4.79 Å². The third kappa shape index (κ3) is 4.76. The maximum Gasteiger partial charge on any atom is 0.222 e. The highest BCUT2D eigenvalue weighted by atomic mass is 16.2. The molecule has 3 atom stereocenters. The van der Waals surface area contributed by atoms with Crippen LogP contribution < -0.4 is 5.32 Å². The quantitative estimate of drug-likeness (QED) is 0.757. The monoisotopic (exact) mass is 280 g/mol. The summed E-state index contributed by atoms with van der Waals surface area (Å²) < 4.78 is 0. The molecule has 1 saturated carbocycles. The predicted molar refractivity (Wildman–Crippen MR) is 83.7 cm³/mol. The van der Waals surface area contributed by atoms with Gasteiger partial charge < -0.3 is 10.2 Å². The second-order valence-corrected chi connectivity index (χ2v) is 6.87. The summed E-state index contributed by atoms with van der Waals surface area (Å²) in [5.74, 6) is 1.31. The van der Waals surface area contributed by atoms with Crippen LogP contribution in [0.25, 0.3) is 0 Å². The molecule has 116 valence electrons. The lowest BCUT2D eigenvalue weighted by Gasteiger charge is -2.26. The van der Waals surface area contributed by atoms with Crippen LogP contribution >= 0.6 is 0 Å². The largest absolute Gasteiger partial charge is 0.341 e. The Morgan fingerprint density at radius 3 is 2.80 bits per heavy atom. The molecule has 20 heavy (non-hydrogen) atoms. The van der Waals surface area contributed by atoms with Crippen LogP contribution in [0.3, 0.4) is 0 Å². The minimum Gasteiger partial charge on any atom is -0.341 e. The predicted octanol–water partition coefficient (Wildman–Crippen LogP) is 3.34. The van der Waals surface area contributed by atoms with Crippen molar-refractivity contribution in [1.29, 1.82) is 0 Å². The summed E-state index contributed by atoms with van der Waals surface area (Å²) >= 11 is 0. The van der Waals surface area contributed by atoms with Gasteiger partial charge in [-0.15, -0.1) is 0 Å². The summed E-state index contributed by atoms with van der Waals surface area (Å²) in [6, 6.07) is 1.11. The van der Waals surface area contributed by atoms with Crippen LogP contribution in [0.2, 0.25) is 0 Å². The van der Waals surface area contributed by atoms with Crippen molar-refractivity contribution in [2.75, 3.05) is 13.1 Å². The van der Waals surface area contributed by atoms with Gasteiger partial charge in [-0.1, -0.05) is 32.6 Å². The third-order valence-electron chi connectivity index (χ3n) is 4.97. The van der Waals surface area contributed by atoms with Crippen molar-refractivity contribution in [2.45, 2.75) is 83.7 Å². The SMILES string of the molecule is CCCC1CCCC(NC(C)CN2CCCC2=O)CC1. The average molecular weight is 280 g/mol. The fourth-order valence-electron chi connectivity index (χ4n) is 3.92. The molecular weight excluding hydrogens is 248 g/mol. The van der Waals surface area contributed by atoms with Gasteiger partial charge in [0.2, 0.25) is 5.91 Å². The van der Waals surface area contributed by atoms with E-state index in [4.69, 9.17) is 0 Å². The van der Waals surface area contributed by atoms with Gasteiger partial charge in [0.1, 0.15) is 0 Å². The normalized spacial score (nSPS) is 29.5. The highest BCUT2D eigenvalue weighted by Crippen LogP contribution is 2.27. The number of rotatable bonds is 6. The Balaban J connectivity index is 1.71. The fraction of sp³-hybridized carbons (Fsp3) is 0.941. The van der Waals surface area contributed by atoms with Crippen molar-refractivity contribution in [3.8, 4) is 0 Å². The Labute approximate surface area is 124 Å². The maximum absolute atomic E-state index is 11.7. The number of nitrogens with zero attached hydrogens (tertiary/aromatic N) is 1. The van der Waals surface area contributed by atoms with Gasteiger partial charge in [0, 0.05) is 31.6 Å². The van der Waals surface area contributed by atoms with Crippen molar-refractivity contribution in [3.05, 3.63) is 0 Å². The highest BCUT2D eigenvalue weighted by molar-refractivity contribution is 5.78. The van der Waals surface area contributed by atoms with E-state index in [1.165, 1.54) is 44.9 Å². The van der Waals surface area contributed by atoms with E-state index in [-0.39, 0.29) is 0 Å². The van der Waals surface area contributed by atoms with Gasteiger partial charge in [-0.05, 0) is 38.5 Å². The minimum atomic E-state index is 0.350. The Morgan fingerprint density at radius 1 is 1.25 bits per heavy atom. The molecule has 0 radical (unpaired) electrons. The number of hydrogen-bond donors (Lipinski definition) is 1. The standard InChI is InChI=1S/C17H32N2O/c1-3-6-15-7-4-8-16(11-10-15)18-14(2)13-19-12-5-9-17(19)20/h14-16,18H,3-13H2,1-2H3. The van der Waals surface area contributed by atoms with Gasteiger partial charge >= 0.3 is 0 Å². The first-order valence-corrected chi connectivity index (χ1v) is 8.73. The van der Waals surface area contributed by atoms with Crippen LogP contribution in [0.15, 0.2) is 0 Å². The van der Waals surface area contributed by atoms with Crippen LogP contribution in [0.1, 0.15) is 71.6 Å². The van der Waals surface area contributed by atoms with Gasteiger partial charge in [-0.3, -0.25) is 4.79 Å². The Kier molecular flexibility index (Phi) is 6.34. The molecule has 2 fully saturated rings. The Hall–Kier alpha value is -0.570. The molecule has 2 aliphatic rings. The van der Waals surface area contributed by atoms with E-state index < -0.39 is 0 Å². The summed E-state index contributed by atoms with van der Waals surface area (Å²) in [7, 11) is 0. The Morgan fingerprint density at radius 2 is 2.10 bits per heavy atom. The van der Waals surface area contributed by atoms with E-state index in [2.05, 4.69) is 19.2 Å². The number of hydrogen-bond acceptors (Lipinski definition) is 2. The number of nitrogens with one attached hydrogen (secondary N) is 1. The van der Waals surface area contributed by atoms with E-state index in [1.54, 1.807) is 0 Å². The van der Waals surface area contributed by atoms with Gasteiger partial charge in [0.05, 0.1) is 0 Å². The first-order valence-electron chi connectivity index (χ1n) is 8.73. The molecule has 1 aliphatic heterocycles. The van der Waals surface area contributed by atoms with E-state index >= 15 is 0 Å². The molecule has 2 rings (SSSR count). The molecule has 0 aromatic rings. The lowest BCUT2D eigenvalue weighted by molar-refractivity contribution is -0.128. The lowest BCUT2D eigenvalue weighted by atomic mass is 9.95. The van der Waals surface area contributed by atoms with Crippen molar-refractivity contribution in [1.82, 2.24) is 10.2 Å². The molecule has 1 heterocycles. The third-order valence-corrected chi connectivity index (χ3v) is 4.97. The molecule has 3 heteroatoms. The average Bonchev–Trinajstić information content (AvgIpc) is 2.68. The zero-order valence-electron chi connectivity index (χ0n) is 13.4. The van der Waals surface area contributed by atoms with Gasteiger partial charge in [-0.25, -0.2) is 0 Å². The molecule has 1 N–H and O–H groups in total.